The second-order valence-electron chi connectivity index (χ2n) is 6.82. The van der Waals surface area contributed by atoms with Crippen LogP contribution in [0.4, 0.5) is 0 Å². The lowest BCUT2D eigenvalue weighted by Crippen LogP contribution is -2.53. The maximum Gasteiger partial charge on any atom is 0.118 e. The number of unbranched alkanes of at least 4 members (excludes halogenated alkanes) is 6. The Balaban J connectivity index is 4.27. The molecule has 0 saturated heterocycles. The standard InChI is InChI=1S/C16H39NSi2/c1-7-9-11-13-15-19(6,17(3)18(4)5)16-14-12-10-8-2/h18H,7-16H2,1-6H3. The van der Waals surface area contributed by atoms with E-state index in [0.717, 1.165) is 0 Å². The minimum atomic E-state index is -1.12. The predicted molar refractivity (Wildman–Crippen MR) is 96.2 cm³/mol. The van der Waals surface area contributed by atoms with Crippen molar-refractivity contribution in [2.45, 2.75) is 96.9 Å². The fraction of sp³-hybridized carbons (Fsp3) is 1.00. The highest BCUT2D eigenvalue weighted by Gasteiger charge is 2.32. The summed E-state index contributed by atoms with van der Waals surface area (Å²) in [6.45, 7) is 12.3. The van der Waals surface area contributed by atoms with Crippen LogP contribution in [0.25, 0.3) is 0 Å². The zero-order chi connectivity index (χ0) is 14.7. The third-order valence-electron chi connectivity index (χ3n) is 4.76. The Kier molecular flexibility index (Phi) is 11.3. The molecule has 0 aliphatic rings. The van der Waals surface area contributed by atoms with Gasteiger partial charge in [0.15, 0.2) is 0 Å². The highest BCUT2D eigenvalue weighted by Crippen LogP contribution is 2.26. The molecular weight excluding hydrogens is 262 g/mol. The van der Waals surface area contributed by atoms with Gasteiger partial charge in [0.2, 0.25) is 0 Å². The van der Waals surface area contributed by atoms with Crippen molar-refractivity contribution in [3.8, 4) is 0 Å². The third-order valence-corrected chi connectivity index (χ3v) is 14.3. The second-order valence-corrected chi connectivity index (χ2v) is 15.0. The molecule has 0 aromatic heterocycles. The van der Waals surface area contributed by atoms with Crippen molar-refractivity contribution in [2.24, 2.45) is 0 Å². The summed E-state index contributed by atoms with van der Waals surface area (Å²) in [4.78, 5) is 0. The van der Waals surface area contributed by atoms with Crippen LogP contribution in [0, 0.1) is 0 Å². The van der Waals surface area contributed by atoms with Crippen molar-refractivity contribution >= 4 is 17.2 Å². The molecule has 19 heavy (non-hydrogen) atoms. The van der Waals surface area contributed by atoms with Gasteiger partial charge in [-0.1, -0.05) is 84.9 Å². The van der Waals surface area contributed by atoms with E-state index in [-0.39, 0.29) is 0 Å². The van der Waals surface area contributed by atoms with Crippen molar-refractivity contribution in [3.63, 3.8) is 0 Å². The predicted octanol–water partition coefficient (Wildman–Crippen LogP) is 5.64. The highest BCUT2D eigenvalue weighted by atomic mass is 28.4. The molecule has 0 rings (SSSR count). The third kappa shape index (κ3) is 8.31. The van der Waals surface area contributed by atoms with E-state index in [1.54, 1.807) is 12.1 Å². The van der Waals surface area contributed by atoms with Crippen molar-refractivity contribution in [3.05, 3.63) is 0 Å². The Hall–Kier alpha value is 0.394. The number of hydrogen-bond acceptors (Lipinski definition) is 1. The Morgan fingerprint density at radius 3 is 1.53 bits per heavy atom. The van der Waals surface area contributed by atoms with E-state index in [1.807, 2.05) is 0 Å². The Bertz CT molecular complexity index is 195. The van der Waals surface area contributed by atoms with Gasteiger partial charge in [-0.25, -0.2) is 0 Å². The van der Waals surface area contributed by atoms with Crippen LogP contribution in [-0.4, -0.2) is 28.5 Å². The molecule has 0 saturated carbocycles. The first-order valence-corrected chi connectivity index (χ1v) is 14.4. The van der Waals surface area contributed by atoms with Crippen LogP contribution in [0.15, 0.2) is 0 Å². The molecule has 116 valence electrons. The number of hydrogen-bond donors (Lipinski definition) is 0. The molecule has 0 radical (unpaired) electrons. The molecule has 0 aliphatic carbocycles. The molecule has 0 atom stereocenters. The topological polar surface area (TPSA) is 3.24 Å². The summed E-state index contributed by atoms with van der Waals surface area (Å²) in [5, 5.41) is 0. The molecule has 1 nitrogen and oxygen atoms in total. The fourth-order valence-corrected chi connectivity index (χ4v) is 11.7. The highest BCUT2D eigenvalue weighted by molar-refractivity contribution is 6.84. The summed E-state index contributed by atoms with van der Waals surface area (Å²) in [7, 11) is 0.714. The van der Waals surface area contributed by atoms with Crippen molar-refractivity contribution in [1.29, 1.82) is 0 Å². The van der Waals surface area contributed by atoms with Crippen molar-refractivity contribution < 1.29 is 0 Å². The van der Waals surface area contributed by atoms with E-state index >= 15 is 0 Å². The average Bonchev–Trinajstić information content (AvgIpc) is 2.39. The second kappa shape index (κ2) is 11.1. The van der Waals surface area contributed by atoms with Crippen molar-refractivity contribution in [2.75, 3.05) is 7.05 Å². The molecule has 0 unspecified atom stereocenters. The van der Waals surface area contributed by atoms with Gasteiger partial charge in [0.1, 0.15) is 8.24 Å². The molecule has 0 spiro atoms. The fourth-order valence-electron chi connectivity index (χ4n) is 2.97. The summed E-state index contributed by atoms with van der Waals surface area (Å²) in [5.41, 5.74) is 0. The lowest BCUT2D eigenvalue weighted by atomic mass is 10.2. The van der Waals surface area contributed by atoms with E-state index in [4.69, 9.17) is 0 Å². The van der Waals surface area contributed by atoms with Crippen LogP contribution in [0.1, 0.15) is 65.2 Å². The first-order chi connectivity index (χ1) is 8.98. The Labute approximate surface area is 125 Å². The van der Waals surface area contributed by atoms with Crippen LogP contribution in [0.5, 0.6) is 0 Å². The lowest BCUT2D eigenvalue weighted by Gasteiger charge is -2.40. The average molecular weight is 302 g/mol. The first-order valence-electron chi connectivity index (χ1n) is 8.71. The van der Waals surface area contributed by atoms with Crippen LogP contribution in [-0.2, 0) is 0 Å². The SMILES string of the molecule is CCCCCC[Si](C)(CCCCCC)N(C)[SiH](C)C. The molecule has 0 N–H and O–H groups in total. The normalized spacial score (nSPS) is 12.6. The minimum absolute atomic E-state index is 0.612. The smallest absolute Gasteiger partial charge is 0.118 e. The molecule has 0 aromatic carbocycles. The quantitative estimate of drug-likeness (QED) is 0.333. The molecule has 0 bridgehead atoms. The van der Waals surface area contributed by atoms with E-state index in [1.165, 1.54) is 51.4 Å². The Morgan fingerprint density at radius 1 is 0.789 bits per heavy atom. The van der Waals surface area contributed by atoms with Gasteiger partial charge in [-0.3, -0.25) is 0 Å². The maximum atomic E-state index is 2.89. The summed E-state index contributed by atoms with van der Waals surface area (Å²) in [5.74, 6) is 0. The summed E-state index contributed by atoms with van der Waals surface area (Å²) < 4.78 is 2.89. The maximum absolute atomic E-state index is 2.89. The summed E-state index contributed by atoms with van der Waals surface area (Å²) in [6, 6.07) is 3.08. The number of rotatable bonds is 12. The van der Waals surface area contributed by atoms with E-state index < -0.39 is 17.2 Å². The van der Waals surface area contributed by atoms with Crippen LogP contribution >= 0.6 is 0 Å². The molecule has 0 heterocycles. The van der Waals surface area contributed by atoms with E-state index in [9.17, 15) is 0 Å². The lowest BCUT2D eigenvalue weighted by molar-refractivity contribution is 0.647. The van der Waals surface area contributed by atoms with Crippen LogP contribution < -0.4 is 0 Å². The van der Waals surface area contributed by atoms with Gasteiger partial charge in [-0.2, -0.15) is 0 Å². The van der Waals surface area contributed by atoms with Crippen molar-refractivity contribution in [1.82, 2.24) is 4.23 Å². The summed E-state index contributed by atoms with van der Waals surface area (Å²) >= 11 is 0. The zero-order valence-corrected chi connectivity index (χ0v) is 16.8. The van der Waals surface area contributed by atoms with Gasteiger partial charge >= 0.3 is 0 Å². The minimum Gasteiger partial charge on any atom is -0.351 e. The van der Waals surface area contributed by atoms with Gasteiger partial charge in [-0.15, -0.1) is 0 Å². The molecule has 0 fully saturated rings. The number of nitrogens with zero attached hydrogens (tertiary/aromatic N) is 1. The van der Waals surface area contributed by atoms with Gasteiger partial charge < -0.3 is 4.23 Å². The van der Waals surface area contributed by atoms with Gasteiger partial charge in [-0.05, 0) is 19.1 Å². The van der Waals surface area contributed by atoms with E-state index in [2.05, 4.69) is 44.8 Å². The summed E-state index contributed by atoms with van der Waals surface area (Å²) in [6.07, 6.45) is 11.5. The molecular formula is C16H39NSi2. The zero-order valence-electron chi connectivity index (χ0n) is 14.6. The Morgan fingerprint density at radius 2 is 1.21 bits per heavy atom. The van der Waals surface area contributed by atoms with Gasteiger partial charge in [0.05, 0.1) is 8.96 Å². The first kappa shape index (κ1) is 19.4. The van der Waals surface area contributed by atoms with Crippen LogP contribution in [0.3, 0.4) is 0 Å². The molecule has 0 aromatic rings. The van der Waals surface area contributed by atoms with E-state index in [0.29, 0.717) is 0 Å². The monoisotopic (exact) mass is 301 g/mol. The molecule has 0 amide bonds. The molecule has 3 heteroatoms. The van der Waals surface area contributed by atoms with Crippen LogP contribution in [0.2, 0.25) is 31.7 Å². The largest absolute Gasteiger partial charge is 0.351 e. The molecule has 0 aliphatic heterocycles. The van der Waals surface area contributed by atoms with Gasteiger partial charge in [0, 0.05) is 0 Å². The van der Waals surface area contributed by atoms with Gasteiger partial charge in [0.25, 0.3) is 0 Å².